The number of aliphatic imine (C=N–C) groups is 1. The molecule has 0 unspecified atom stereocenters. The van der Waals surface area contributed by atoms with Crippen LogP contribution < -0.4 is 5.32 Å². The topological polar surface area (TPSA) is 33.6 Å². The van der Waals surface area contributed by atoms with Gasteiger partial charge in [0.2, 0.25) is 0 Å². The number of ether oxygens (including phenoxy) is 1. The molecule has 2 rings (SSSR count). The number of nitrogens with one attached hydrogen (secondary N) is 1. The van der Waals surface area contributed by atoms with E-state index >= 15 is 0 Å². The Hall–Kier alpha value is -0.670. The summed E-state index contributed by atoms with van der Waals surface area (Å²) in [6, 6.07) is 0.658. The van der Waals surface area contributed by atoms with Gasteiger partial charge in [-0.2, -0.15) is 0 Å². The molecule has 0 heterocycles. The summed E-state index contributed by atoms with van der Waals surface area (Å²) in [6.45, 7) is 11.6. The third kappa shape index (κ3) is 4.93. The quantitative estimate of drug-likeness (QED) is 0.717. The summed E-state index contributed by atoms with van der Waals surface area (Å²) >= 11 is 0. The minimum absolute atomic E-state index is 0.307. The Bertz CT molecular complexity index is 383. The first kappa shape index (κ1) is 16.7. The van der Waals surface area contributed by atoms with E-state index in [1.807, 2.05) is 27.0 Å². The van der Waals surface area contributed by atoms with E-state index < -0.39 is 0 Å². The van der Waals surface area contributed by atoms with Gasteiger partial charge in [-0.1, -0.05) is 19.4 Å². The molecular weight excluding hydrogens is 260 g/mol. The van der Waals surface area contributed by atoms with Crippen molar-refractivity contribution in [3.63, 3.8) is 0 Å². The van der Waals surface area contributed by atoms with Crippen molar-refractivity contribution in [2.45, 2.75) is 77.4 Å². The Kier molecular flexibility index (Phi) is 5.61. The monoisotopic (exact) mass is 292 g/mol. The maximum atomic E-state index is 5.61. The van der Waals surface area contributed by atoms with Crippen LogP contribution >= 0.6 is 0 Å². The van der Waals surface area contributed by atoms with E-state index in [1.54, 1.807) is 0 Å². The molecule has 2 aliphatic carbocycles. The van der Waals surface area contributed by atoms with Gasteiger partial charge in [0.25, 0.3) is 0 Å². The predicted octanol–water partition coefficient (Wildman–Crippen LogP) is 4.09. The molecule has 0 aliphatic heterocycles. The van der Waals surface area contributed by atoms with Crippen molar-refractivity contribution in [3.05, 3.63) is 12.3 Å². The average molecular weight is 292 g/mol. The number of hydrogen-bond donors (Lipinski definition) is 1. The fourth-order valence-electron chi connectivity index (χ4n) is 3.72. The number of rotatable bonds is 7. The van der Waals surface area contributed by atoms with Crippen LogP contribution in [0.15, 0.2) is 17.3 Å². The molecular formula is C18H32N2O. The van der Waals surface area contributed by atoms with Crippen molar-refractivity contribution in [2.24, 2.45) is 10.4 Å². The fraction of sp³-hybridized carbons (Fsp3) is 0.833. The van der Waals surface area contributed by atoms with Gasteiger partial charge in [0, 0.05) is 31.1 Å². The lowest BCUT2D eigenvalue weighted by Gasteiger charge is -2.48. The van der Waals surface area contributed by atoms with Crippen LogP contribution in [0.3, 0.4) is 0 Å². The highest BCUT2D eigenvalue weighted by Crippen LogP contribution is 2.51. The summed E-state index contributed by atoms with van der Waals surface area (Å²) in [5.74, 6) is 0. The molecule has 1 N–H and O–H groups in total. The van der Waals surface area contributed by atoms with Crippen LogP contribution in [-0.2, 0) is 4.74 Å². The van der Waals surface area contributed by atoms with Crippen molar-refractivity contribution in [1.29, 1.82) is 0 Å². The molecule has 2 saturated carbocycles. The second-order valence-corrected chi connectivity index (χ2v) is 7.39. The van der Waals surface area contributed by atoms with Crippen LogP contribution in [0, 0.1) is 5.41 Å². The van der Waals surface area contributed by atoms with Crippen molar-refractivity contribution < 1.29 is 4.74 Å². The summed E-state index contributed by atoms with van der Waals surface area (Å²) in [7, 11) is 0. The van der Waals surface area contributed by atoms with Crippen molar-refractivity contribution in [2.75, 3.05) is 13.2 Å². The SMILES string of the molecule is C=C(CN[C@@H]1CCCC2(CCC2)C1)/N=C\C(C)(C)OCC. The maximum absolute atomic E-state index is 5.61. The van der Waals surface area contributed by atoms with E-state index in [1.165, 1.54) is 44.9 Å². The van der Waals surface area contributed by atoms with Gasteiger partial charge in [-0.3, -0.25) is 4.99 Å². The highest BCUT2D eigenvalue weighted by molar-refractivity contribution is 5.68. The highest BCUT2D eigenvalue weighted by Gasteiger charge is 2.40. The summed E-state index contributed by atoms with van der Waals surface area (Å²) in [4.78, 5) is 4.46. The molecule has 0 amide bonds. The zero-order valence-electron chi connectivity index (χ0n) is 14.1. The third-order valence-electron chi connectivity index (χ3n) is 5.02. The van der Waals surface area contributed by atoms with Gasteiger partial charge in [0.15, 0.2) is 0 Å². The van der Waals surface area contributed by atoms with Crippen molar-refractivity contribution >= 4 is 6.21 Å². The molecule has 0 bridgehead atoms. The van der Waals surface area contributed by atoms with Gasteiger partial charge in [-0.05, 0) is 58.3 Å². The summed E-state index contributed by atoms with van der Waals surface area (Å²) in [5, 5.41) is 3.66. The van der Waals surface area contributed by atoms with Crippen LogP contribution in [0.25, 0.3) is 0 Å². The van der Waals surface area contributed by atoms with Gasteiger partial charge in [0.1, 0.15) is 0 Å². The van der Waals surface area contributed by atoms with Gasteiger partial charge < -0.3 is 10.1 Å². The zero-order chi connectivity index (χ0) is 15.3. The van der Waals surface area contributed by atoms with Crippen LogP contribution in [0.5, 0.6) is 0 Å². The van der Waals surface area contributed by atoms with E-state index in [2.05, 4.69) is 16.9 Å². The zero-order valence-corrected chi connectivity index (χ0v) is 14.1. The lowest BCUT2D eigenvalue weighted by Crippen LogP contribution is -2.43. The molecule has 2 fully saturated rings. The van der Waals surface area contributed by atoms with E-state index in [-0.39, 0.29) is 5.60 Å². The van der Waals surface area contributed by atoms with Crippen molar-refractivity contribution in [3.8, 4) is 0 Å². The van der Waals surface area contributed by atoms with Crippen LogP contribution in [0.4, 0.5) is 0 Å². The highest BCUT2D eigenvalue weighted by atomic mass is 16.5. The Morgan fingerprint density at radius 1 is 1.38 bits per heavy atom. The molecule has 3 heteroatoms. The first-order valence-corrected chi connectivity index (χ1v) is 8.55. The van der Waals surface area contributed by atoms with Gasteiger partial charge >= 0.3 is 0 Å². The molecule has 0 aromatic heterocycles. The average Bonchev–Trinajstić information content (AvgIpc) is 2.41. The van der Waals surface area contributed by atoms with Crippen LogP contribution in [0.1, 0.15) is 65.7 Å². The minimum atomic E-state index is -0.307. The van der Waals surface area contributed by atoms with Crippen LogP contribution in [-0.4, -0.2) is 31.0 Å². The molecule has 0 saturated heterocycles. The molecule has 0 aromatic rings. The minimum Gasteiger partial charge on any atom is -0.370 e. The third-order valence-corrected chi connectivity index (χ3v) is 5.02. The Morgan fingerprint density at radius 3 is 2.71 bits per heavy atom. The Morgan fingerprint density at radius 2 is 2.10 bits per heavy atom. The van der Waals surface area contributed by atoms with E-state index in [9.17, 15) is 0 Å². The second-order valence-electron chi connectivity index (χ2n) is 7.39. The predicted molar refractivity (Wildman–Crippen MR) is 89.9 cm³/mol. The molecule has 120 valence electrons. The standard InChI is InChI=1S/C18H32N2O/c1-5-21-17(3,4)14-20-15(2)13-19-16-8-6-9-18(12-16)10-7-11-18/h14,16,19H,2,5-13H2,1,3-4H3/b20-14-/t16-/m1/s1. The van der Waals surface area contributed by atoms with Crippen molar-refractivity contribution in [1.82, 2.24) is 5.32 Å². The summed E-state index contributed by atoms with van der Waals surface area (Å²) < 4.78 is 5.61. The van der Waals surface area contributed by atoms with Gasteiger partial charge in [0.05, 0.1) is 5.60 Å². The summed E-state index contributed by atoms with van der Waals surface area (Å²) in [6.07, 6.45) is 11.7. The molecule has 21 heavy (non-hydrogen) atoms. The first-order chi connectivity index (χ1) is 9.95. The normalized spacial score (nSPS) is 25.2. The van der Waals surface area contributed by atoms with E-state index in [0.29, 0.717) is 18.1 Å². The molecule has 1 atom stereocenters. The van der Waals surface area contributed by atoms with E-state index in [4.69, 9.17) is 4.74 Å². The molecule has 0 radical (unpaired) electrons. The Balaban J connectivity index is 1.72. The molecule has 0 aromatic carbocycles. The smallest absolute Gasteiger partial charge is 0.0975 e. The summed E-state index contributed by atoms with van der Waals surface area (Å²) in [5.41, 5.74) is 1.28. The number of nitrogens with zero attached hydrogens (tertiary/aromatic N) is 1. The lowest BCUT2D eigenvalue weighted by molar-refractivity contribution is 0.0478. The molecule has 2 aliphatic rings. The fourth-order valence-corrected chi connectivity index (χ4v) is 3.72. The number of hydrogen-bond acceptors (Lipinski definition) is 3. The van der Waals surface area contributed by atoms with Gasteiger partial charge in [-0.15, -0.1) is 0 Å². The van der Waals surface area contributed by atoms with Gasteiger partial charge in [-0.25, -0.2) is 0 Å². The lowest BCUT2D eigenvalue weighted by atomic mass is 9.60. The van der Waals surface area contributed by atoms with E-state index in [0.717, 1.165) is 12.2 Å². The first-order valence-electron chi connectivity index (χ1n) is 8.55. The second kappa shape index (κ2) is 7.06. The Labute approximate surface area is 130 Å². The maximum Gasteiger partial charge on any atom is 0.0975 e. The largest absolute Gasteiger partial charge is 0.370 e. The van der Waals surface area contributed by atoms with Crippen LogP contribution in [0.2, 0.25) is 0 Å². The molecule has 1 spiro atoms. The molecule has 3 nitrogen and oxygen atoms in total.